The Labute approximate surface area is 99.2 Å². The number of halogens is 1. The van der Waals surface area contributed by atoms with Crippen LogP contribution in [0.2, 0.25) is 5.02 Å². The molecule has 0 saturated carbocycles. The first-order valence-electron chi connectivity index (χ1n) is 5.02. The standard InChI is InChI=1S/C12H13ClN2O/c13-11-3-1-2-10(7-11)12(15-14)6-9-4-5-16-8-9/h1-5,7-8,12,15H,6,14H2. The molecule has 0 saturated heterocycles. The van der Waals surface area contributed by atoms with E-state index in [9.17, 15) is 0 Å². The van der Waals surface area contributed by atoms with Crippen LogP contribution in [0.1, 0.15) is 17.2 Å². The number of nitrogens with two attached hydrogens (primary N) is 1. The first-order chi connectivity index (χ1) is 7.79. The van der Waals surface area contributed by atoms with Crippen molar-refractivity contribution < 1.29 is 4.42 Å². The van der Waals surface area contributed by atoms with Gasteiger partial charge in [-0.2, -0.15) is 0 Å². The molecule has 0 amide bonds. The van der Waals surface area contributed by atoms with Gasteiger partial charge in [0.25, 0.3) is 0 Å². The zero-order valence-corrected chi connectivity index (χ0v) is 9.45. The summed E-state index contributed by atoms with van der Waals surface area (Å²) in [6.45, 7) is 0. The fraction of sp³-hybridized carbons (Fsp3) is 0.167. The van der Waals surface area contributed by atoms with E-state index in [0.717, 1.165) is 17.5 Å². The molecule has 1 unspecified atom stereocenters. The third-order valence-corrected chi connectivity index (χ3v) is 2.71. The highest BCUT2D eigenvalue weighted by Gasteiger charge is 2.11. The molecule has 2 rings (SSSR count). The third-order valence-electron chi connectivity index (χ3n) is 2.47. The molecule has 1 aromatic heterocycles. The van der Waals surface area contributed by atoms with Crippen LogP contribution in [-0.2, 0) is 6.42 Å². The van der Waals surface area contributed by atoms with E-state index in [-0.39, 0.29) is 6.04 Å². The normalized spacial score (nSPS) is 12.6. The van der Waals surface area contributed by atoms with Gasteiger partial charge in [0.15, 0.2) is 0 Å². The van der Waals surface area contributed by atoms with Crippen LogP contribution >= 0.6 is 11.6 Å². The number of benzene rings is 1. The van der Waals surface area contributed by atoms with E-state index in [1.807, 2.05) is 30.3 Å². The Kier molecular flexibility index (Phi) is 3.62. The molecule has 0 spiro atoms. The number of hydrogen-bond acceptors (Lipinski definition) is 3. The lowest BCUT2D eigenvalue weighted by atomic mass is 10.0. The van der Waals surface area contributed by atoms with Gasteiger partial charge in [0.05, 0.1) is 18.6 Å². The Morgan fingerprint density at radius 3 is 2.88 bits per heavy atom. The molecule has 3 nitrogen and oxygen atoms in total. The molecule has 0 aliphatic heterocycles. The monoisotopic (exact) mass is 236 g/mol. The van der Waals surface area contributed by atoms with E-state index in [4.69, 9.17) is 21.9 Å². The highest BCUT2D eigenvalue weighted by Crippen LogP contribution is 2.20. The summed E-state index contributed by atoms with van der Waals surface area (Å²) in [4.78, 5) is 0. The zero-order valence-electron chi connectivity index (χ0n) is 8.69. The average molecular weight is 237 g/mol. The van der Waals surface area contributed by atoms with Crippen molar-refractivity contribution in [2.75, 3.05) is 0 Å². The second-order valence-corrected chi connectivity index (χ2v) is 4.05. The van der Waals surface area contributed by atoms with E-state index in [1.54, 1.807) is 12.5 Å². The maximum atomic E-state index is 5.94. The fourth-order valence-corrected chi connectivity index (χ4v) is 1.84. The maximum Gasteiger partial charge on any atom is 0.0935 e. The van der Waals surface area contributed by atoms with Gasteiger partial charge in [-0.05, 0) is 35.7 Å². The van der Waals surface area contributed by atoms with Crippen LogP contribution in [0.4, 0.5) is 0 Å². The number of hydrazine groups is 1. The molecule has 1 heterocycles. The van der Waals surface area contributed by atoms with E-state index in [1.165, 1.54) is 0 Å². The minimum Gasteiger partial charge on any atom is -0.472 e. The average Bonchev–Trinajstić information content (AvgIpc) is 2.78. The van der Waals surface area contributed by atoms with Crippen molar-refractivity contribution in [2.45, 2.75) is 12.5 Å². The molecule has 0 aliphatic rings. The fourth-order valence-electron chi connectivity index (χ4n) is 1.64. The van der Waals surface area contributed by atoms with Crippen LogP contribution in [-0.4, -0.2) is 0 Å². The predicted octanol–water partition coefficient (Wildman–Crippen LogP) is 2.68. The molecule has 0 aliphatic carbocycles. The Balaban J connectivity index is 2.16. The quantitative estimate of drug-likeness (QED) is 0.634. The van der Waals surface area contributed by atoms with Crippen LogP contribution in [0, 0.1) is 0 Å². The van der Waals surface area contributed by atoms with Gasteiger partial charge < -0.3 is 4.42 Å². The van der Waals surface area contributed by atoms with Crippen molar-refractivity contribution >= 4 is 11.6 Å². The van der Waals surface area contributed by atoms with Crippen molar-refractivity contribution in [3.63, 3.8) is 0 Å². The van der Waals surface area contributed by atoms with E-state index < -0.39 is 0 Å². The lowest BCUT2D eigenvalue weighted by Gasteiger charge is -2.15. The smallest absolute Gasteiger partial charge is 0.0935 e. The highest BCUT2D eigenvalue weighted by molar-refractivity contribution is 6.30. The summed E-state index contributed by atoms with van der Waals surface area (Å²) in [5, 5.41) is 0.713. The molecule has 84 valence electrons. The molecular formula is C12H13ClN2O. The topological polar surface area (TPSA) is 51.2 Å². The van der Waals surface area contributed by atoms with Gasteiger partial charge in [-0.1, -0.05) is 23.7 Å². The SMILES string of the molecule is NNC(Cc1ccoc1)c1cccc(Cl)c1. The second kappa shape index (κ2) is 5.16. The van der Waals surface area contributed by atoms with Gasteiger partial charge in [-0.15, -0.1) is 0 Å². The lowest BCUT2D eigenvalue weighted by molar-refractivity contribution is 0.536. The summed E-state index contributed by atoms with van der Waals surface area (Å²) in [5.74, 6) is 5.55. The second-order valence-electron chi connectivity index (χ2n) is 3.61. The first-order valence-corrected chi connectivity index (χ1v) is 5.40. The molecular weight excluding hydrogens is 224 g/mol. The summed E-state index contributed by atoms with van der Waals surface area (Å²) in [5.41, 5.74) is 4.95. The van der Waals surface area contributed by atoms with Crippen LogP contribution < -0.4 is 11.3 Å². The van der Waals surface area contributed by atoms with Crippen LogP contribution in [0.5, 0.6) is 0 Å². The van der Waals surface area contributed by atoms with Crippen molar-refractivity contribution in [2.24, 2.45) is 5.84 Å². The maximum absolute atomic E-state index is 5.94. The first kappa shape index (κ1) is 11.2. The minimum atomic E-state index is 0.0382. The molecule has 0 radical (unpaired) electrons. The van der Waals surface area contributed by atoms with Crippen LogP contribution in [0.3, 0.4) is 0 Å². The van der Waals surface area contributed by atoms with Gasteiger partial charge >= 0.3 is 0 Å². The molecule has 3 N–H and O–H groups in total. The van der Waals surface area contributed by atoms with Gasteiger partial charge in [-0.3, -0.25) is 11.3 Å². The number of nitrogens with one attached hydrogen (secondary N) is 1. The Morgan fingerprint density at radius 1 is 1.38 bits per heavy atom. The van der Waals surface area contributed by atoms with Gasteiger partial charge in [-0.25, -0.2) is 0 Å². The summed E-state index contributed by atoms with van der Waals surface area (Å²) >= 11 is 5.94. The number of furan rings is 1. The molecule has 4 heteroatoms. The van der Waals surface area contributed by atoms with Gasteiger partial charge in [0.2, 0.25) is 0 Å². The minimum absolute atomic E-state index is 0.0382. The molecule has 1 aromatic carbocycles. The Hall–Kier alpha value is -1.29. The van der Waals surface area contributed by atoms with Crippen molar-refractivity contribution in [1.29, 1.82) is 0 Å². The Bertz CT molecular complexity index is 442. The lowest BCUT2D eigenvalue weighted by Crippen LogP contribution is -2.29. The Morgan fingerprint density at radius 2 is 2.25 bits per heavy atom. The molecule has 1 atom stereocenters. The summed E-state index contributed by atoms with van der Waals surface area (Å²) < 4.78 is 5.02. The zero-order chi connectivity index (χ0) is 11.4. The van der Waals surface area contributed by atoms with Gasteiger partial charge in [0, 0.05) is 5.02 Å². The number of hydrogen-bond donors (Lipinski definition) is 2. The van der Waals surface area contributed by atoms with E-state index in [2.05, 4.69) is 5.43 Å². The van der Waals surface area contributed by atoms with Crippen molar-refractivity contribution in [3.8, 4) is 0 Å². The molecule has 0 fully saturated rings. The van der Waals surface area contributed by atoms with E-state index >= 15 is 0 Å². The molecule has 2 aromatic rings. The van der Waals surface area contributed by atoms with E-state index in [0.29, 0.717) is 5.02 Å². The summed E-state index contributed by atoms with van der Waals surface area (Å²) in [6, 6.07) is 9.63. The van der Waals surface area contributed by atoms with Crippen LogP contribution in [0.25, 0.3) is 0 Å². The number of rotatable bonds is 4. The largest absolute Gasteiger partial charge is 0.472 e. The van der Waals surface area contributed by atoms with Crippen LogP contribution in [0.15, 0.2) is 47.3 Å². The van der Waals surface area contributed by atoms with Crippen molar-refractivity contribution in [3.05, 3.63) is 59.0 Å². The molecule has 16 heavy (non-hydrogen) atoms. The molecule has 0 bridgehead atoms. The third kappa shape index (κ3) is 2.64. The summed E-state index contributed by atoms with van der Waals surface area (Å²) in [7, 11) is 0. The summed E-state index contributed by atoms with van der Waals surface area (Å²) in [6.07, 6.45) is 4.14. The van der Waals surface area contributed by atoms with Crippen molar-refractivity contribution in [1.82, 2.24) is 5.43 Å². The van der Waals surface area contributed by atoms with Gasteiger partial charge in [0.1, 0.15) is 0 Å². The predicted molar refractivity (Wildman–Crippen MR) is 63.9 cm³/mol. The highest BCUT2D eigenvalue weighted by atomic mass is 35.5.